The van der Waals surface area contributed by atoms with Crippen molar-refractivity contribution in [1.82, 2.24) is 10.7 Å². The van der Waals surface area contributed by atoms with Gasteiger partial charge in [-0.3, -0.25) is 10.6 Å². The largest absolute Gasteiger partial charge is 0.317 e. The summed E-state index contributed by atoms with van der Waals surface area (Å²) < 4.78 is 0. The Balaban J connectivity index is 2.35. The molecular formula is C7H8N4O. The highest BCUT2D eigenvalue weighted by molar-refractivity contribution is 6.28. The van der Waals surface area contributed by atoms with Crippen LogP contribution in [0.3, 0.4) is 0 Å². The van der Waals surface area contributed by atoms with E-state index in [2.05, 4.69) is 15.7 Å². The van der Waals surface area contributed by atoms with Crippen LogP contribution in [0.2, 0.25) is 0 Å². The molecule has 5 nitrogen and oxygen atoms in total. The molecule has 1 amide bonds. The molecule has 1 unspecified atom stereocenters. The first-order valence-electron chi connectivity index (χ1n) is 3.55. The van der Waals surface area contributed by atoms with Crippen molar-refractivity contribution in [3.8, 4) is 0 Å². The number of carbonyl (C=O) groups excluding carboxylic acids is 1. The van der Waals surface area contributed by atoms with Gasteiger partial charge >= 0.3 is 0 Å². The summed E-state index contributed by atoms with van der Waals surface area (Å²) in [5.74, 6) is 4.99. The molecule has 0 fully saturated rings. The van der Waals surface area contributed by atoms with Crippen LogP contribution in [0.5, 0.6) is 0 Å². The molecule has 0 bridgehead atoms. The van der Waals surface area contributed by atoms with Crippen LogP contribution < -0.4 is 16.6 Å². The summed E-state index contributed by atoms with van der Waals surface area (Å²) in [4.78, 5) is 15.4. The van der Waals surface area contributed by atoms with E-state index in [4.69, 9.17) is 5.84 Å². The van der Waals surface area contributed by atoms with E-state index in [9.17, 15) is 4.79 Å². The van der Waals surface area contributed by atoms with Gasteiger partial charge in [0.2, 0.25) is 0 Å². The Hall–Kier alpha value is -1.46. The van der Waals surface area contributed by atoms with E-state index < -0.39 is 6.29 Å². The summed E-state index contributed by atoms with van der Waals surface area (Å²) in [5, 5.41) is 2.57. The zero-order valence-electron chi connectivity index (χ0n) is 6.24. The summed E-state index contributed by atoms with van der Waals surface area (Å²) in [6, 6.07) is 0. The van der Waals surface area contributed by atoms with E-state index in [-0.39, 0.29) is 5.91 Å². The van der Waals surface area contributed by atoms with Crippen molar-refractivity contribution < 1.29 is 4.79 Å². The average molecular weight is 164 g/mol. The molecule has 0 aromatic heterocycles. The van der Waals surface area contributed by atoms with Crippen molar-refractivity contribution in [2.24, 2.45) is 10.8 Å². The van der Waals surface area contributed by atoms with Crippen LogP contribution in [0, 0.1) is 0 Å². The van der Waals surface area contributed by atoms with E-state index in [1.165, 1.54) is 0 Å². The third kappa shape index (κ3) is 0.956. The first kappa shape index (κ1) is 7.20. The molecule has 5 heteroatoms. The number of allylic oxidation sites excluding steroid dienone is 3. The fourth-order valence-electron chi connectivity index (χ4n) is 1.17. The molecule has 2 aliphatic rings. The second-order valence-electron chi connectivity index (χ2n) is 2.50. The maximum atomic E-state index is 11.2. The first-order valence-corrected chi connectivity index (χ1v) is 3.55. The molecule has 0 saturated heterocycles. The van der Waals surface area contributed by atoms with Gasteiger partial charge in [-0.1, -0.05) is 6.08 Å². The fraction of sp³-hybridized carbons (Fsp3) is 0.143. The van der Waals surface area contributed by atoms with Gasteiger partial charge in [0.1, 0.15) is 0 Å². The first-order chi connectivity index (χ1) is 5.81. The highest BCUT2D eigenvalue weighted by atomic mass is 16.2. The van der Waals surface area contributed by atoms with Gasteiger partial charge in [0, 0.05) is 0 Å². The van der Waals surface area contributed by atoms with E-state index >= 15 is 0 Å². The highest BCUT2D eigenvalue weighted by Gasteiger charge is 2.24. The summed E-state index contributed by atoms with van der Waals surface area (Å²) >= 11 is 0. The molecule has 0 saturated carbocycles. The monoisotopic (exact) mass is 164 g/mol. The zero-order chi connectivity index (χ0) is 8.55. The van der Waals surface area contributed by atoms with Gasteiger partial charge in [0.15, 0.2) is 6.29 Å². The minimum atomic E-state index is -0.507. The average Bonchev–Trinajstić information content (AvgIpc) is 2.52. The van der Waals surface area contributed by atoms with Crippen LogP contribution in [-0.4, -0.2) is 17.9 Å². The second kappa shape index (κ2) is 2.54. The molecule has 1 aliphatic heterocycles. The smallest absolute Gasteiger partial charge is 0.256 e. The van der Waals surface area contributed by atoms with Crippen LogP contribution in [0.1, 0.15) is 0 Å². The van der Waals surface area contributed by atoms with Crippen LogP contribution in [0.15, 0.2) is 28.8 Å². The van der Waals surface area contributed by atoms with Gasteiger partial charge in [-0.15, -0.1) is 0 Å². The predicted octanol–water partition coefficient (Wildman–Crippen LogP) is -1.20. The van der Waals surface area contributed by atoms with Crippen LogP contribution in [0.25, 0.3) is 0 Å². The third-order valence-electron chi connectivity index (χ3n) is 1.73. The van der Waals surface area contributed by atoms with Crippen LogP contribution in [0.4, 0.5) is 0 Å². The Morgan fingerprint density at radius 3 is 3.25 bits per heavy atom. The summed E-state index contributed by atoms with van der Waals surface area (Å²) in [6.45, 7) is 0. The van der Waals surface area contributed by atoms with E-state index in [0.717, 1.165) is 0 Å². The van der Waals surface area contributed by atoms with Crippen molar-refractivity contribution >= 4 is 11.6 Å². The molecule has 2 rings (SSSR count). The lowest BCUT2D eigenvalue weighted by Crippen LogP contribution is -2.51. The number of aliphatic imine (C=N–C) groups is 1. The Labute approximate surface area is 69.0 Å². The standard InChI is InChI=1S/C7H8N4O/c8-11-7-9-5-3-1-2-4(5)6(12)10-7/h1-3,7,11H,8H2,(H,10,12). The Kier molecular flexibility index (Phi) is 1.53. The minimum absolute atomic E-state index is 0.145. The normalized spacial score (nSPS) is 26.1. The number of nitrogens with one attached hydrogen (secondary N) is 2. The van der Waals surface area contributed by atoms with Crippen molar-refractivity contribution in [2.45, 2.75) is 6.29 Å². The molecule has 1 atom stereocenters. The van der Waals surface area contributed by atoms with Gasteiger partial charge in [-0.05, 0) is 12.2 Å². The summed E-state index contributed by atoms with van der Waals surface area (Å²) in [6.07, 6.45) is 4.78. The van der Waals surface area contributed by atoms with E-state index in [1.807, 2.05) is 0 Å². The van der Waals surface area contributed by atoms with Gasteiger partial charge < -0.3 is 5.32 Å². The molecule has 1 aliphatic carbocycles. The number of carbonyl (C=O) groups is 1. The maximum absolute atomic E-state index is 11.2. The molecule has 0 aromatic rings. The predicted molar refractivity (Wildman–Crippen MR) is 43.9 cm³/mol. The van der Waals surface area contributed by atoms with Crippen molar-refractivity contribution in [3.05, 3.63) is 23.8 Å². The number of nitrogens with two attached hydrogens (primary N) is 1. The highest BCUT2D eigenvalue weighted by Crippen LogP contribution is 2.12. The molecule has 62 valence electrons. The molecule has 0 radical (unpaired) electrons. The fourth-order valence-corrected chi connectivity index (χ4v) is 1.17. The molecular weight excluding hydrogens is 156 g/mol. The second-order valence-corrected chi connectivity index (χ2v) is 2.50. The van der Waals surface area contributed by atoms with Gasteiger partial charge in [0.05, 0.1) is 11.3 Å². The third-order valence-corrected chi connectivity index (χ3v) is 1.73. The number of hydrogen-bond acceptors (Lipinski definition) is 4. The lowest BCUT2D eigenvalue weighted by Gasteiger charge is -2.19. The Bertz CT molecular complexity index is 315. The maximum Gasteiger partial charge on any atom is 0.256 e. The van der Waals surface area contributed by atoms with E-state index in [1.54, 1.807) is 18.2 Å². The van der Waals surface area contributed by atoms with Gasteiger partial charge in [0.25, 0.3) is 5.91 Å². The number of rotatable bonds is 1. The molecule has 4 N–H and O–H groups in total. The van der Waals surface area contributed by atoms with Crippen molar-refractivity contribution in [3.63, 3.8) is 0 Å². The number of hydrazine groups is 1. The SMILES string of the molecule is NNC1N=C2C=CC=C2C(=O)N1. The molecule has 1 heterocycles. The molecule has 0 spiro atoms. The summed E-state index contributed by atoms with van der Waals surface area (Å²) in [7, 11) is 0. The number of fused-ring (bicyclic) bond motifs is 1. The number of hydrogen-bond donors (Lipinski definition) is 3. The topological polar surface area (TPSA) is 79.5 Å². The summed E-state index contributed by atoms with van der Waals surface area (Å²) in [5.41, 5.74) is 3.65. The number of amides is 1. The lowest BCUT2D eigenvalue weighted by molar-refractivity contribution is -0.118. The molecule has 0 aromatic carbocycles. The van der Waals surface area contributed by atoms with Crippen LogP contribution in [-0.2, 0) is 4.79 Å². The Morgan fingerprint density at radius 2 is 2.50 bits per heavy atom. The Morgan fingerprint density at radius 1 is 1.67 bits per heavy atom. The van der Waals surface area contributed by atoms with Gasteiger partial charge in [-0.2, -0.15) is 0 Å². The zero-order valence-corrected chi connectivity index (χ0v) is 6.24. The van der Waals surface area contributed by atoms with E-state index in [0.29, 0.717) is 11.3 Å². The van der Waals surface area contributed by atoms with Crippen molar-refractivity contribution in [2.75, 3.05) is 0 Å². The van der Waals surface area contributed by atoms with Gasteiger partial charge in [-0.25, -0.2) is 10.4 Å². The van der Waals surface area contributed by atoms with Crippen LogP contribution >= 0.6 is 0 Å². The quantitative estimate of drug-likeness (QED) is 0.336. The number of nitrogens with zero attached hydrogens (tertiary/aromatic N) is 1. The molecule has 12 heavy (non-hydrogen) atoms. The lowest BCUT2D eigenvalue weighted by atomic mass is 10.1. The minimum Gasteiger partial charge on any atom is -0.317 e. The van der Waals surface area contributed by atoms with Crippen molar-refractivity contribution in [1.29, 1.82) is 0 Å².